The number of hydrogen-bond acceptors (Lipinski definition) is 4. The Morgan fingerprint density at radius 2 is 2.11 bits per heavy atom. The van der Waals surface area contributed by atoms with Gasteiger partial charge in [0.05, 0.1) is 16.5 Å². The van der Waals surface area contributed by atoms with Crippen molar-refractivity contribution in [2.75, 3.05) is 0 Å². The standard InChI is InChI=1S/C14H7ClN2OS/c15-13(11-5-3-7-18-11)9(8-16)14-17-10-4-1-2-6-12(10)19-14/h1-7H. The Balaban J connectivity index is 2.18. The minimum Gasteiger partial charge on any atom is -0.463 e. The van der Waals surface area contributed by atoms with Gasteiger partial charge in [0.15, 0.2) is 0 Å². The van der Waals surface area contributed by atoms with E-state index in [1.807, 2.05) is 24.3 Å². The number of rotatable bonds is 2. The Hall–Kier alpha value is -2.09. The molecule has 0 saturated carbocycles. The number of allylic oxidation sites excluding steroid dienone is 1. The highest BCUT2D eigenvalue weighted by atomic mass is 35.5. The number of nitriles is 1. The predicted molar refractivity (Wildman–Crippen MR) is 76.6 cm³/mol. The molecule has 2 heterocycles. The van der Waals surface area contributed by atoms with Gasteiger partial charge in [-0.25, -0.2) is 4.98 Å². The van der Waals surface area contributed by atoms with Crippen molar-refractivity contribution in [2.45, 2.75) is 0 Å². The molecule has 0 bridgehead atoms. The van der Waals surface area contributed by atoms with Gasteiger partial charge in [-0.1, -0.05) is 23.7 Å². The molecular weight excluding hydrogens is 280 g/mol. The Bertz CT molecular complexity index is 763. The van der Waals surface area contributed by atoms with Crippen LogP contribution in [0.25, 0.3) is 20.8 Å². The smallest absolute Gasteiger partial charge is 0.146 e. The van der Waals surface area contributed by atoms with Crippen LogP contribution in [0.5, 0.6) is 0 Å². The van der Waals surface area contributed by atoms with Crippen LogP contribution >= 0.6 is 22.9 Å². The Labute approximate surface area is 118 Å². The Kier molecular flexibility index (Phi) is 3.08. The monoisotopic (exact) mass is 286 g/mol. The molecule has 0 amide bonds. The van der Waals surface area contributed by atoms with Crippen molar-refractivity contribution in [3.8, 4) is 6.07 Å². The highest BCUT2D eigenvalue weighted by Crippen LogP contribution is 2.33. The van der Waals surface area contributed by atoms with Crippen LogP contribution in [0.4, 0.5) is 0 Å². The number of fused-ring (bicyclic) bond motifs is 1. The number of hydrogen-bond donors (Lipinski definition) is 0. The van der Waals surface area contributed by atoms with Crippen LogP contribution in [0.1, 0.15) is 10.8 Å². The molecule has 0 atom stereocenters. The zero-order valence-electron chi connectivity index (χ0n) is 9.63. The largest absolute Gasteiger partial charge is 0.463 e. The number of para-hydroxylation sites is 1. The molecule has 0 aliphatic heterocycles. The third-order valence-electron chi connectivity index (χ3n) is 2.58. The molecular formula is C14H7ClN2OS. The van der Waals surface area contributed by atoms with Gasteiger partial charge in [0.2, 0.25) is 0 Å². The lowest BCUT2D eigenvalue weighted by Crippen LogP contribution is -1.83. The lowest BCUT2D eigenvalue weighted by molar-refractivity contribution is 0.556. The fraction of sp³-hybridized carbons (Fsp3) is 0. The lowest BCUT2D eigenvalue weighted by Gasteiger charge is -1.96. The average molecular weight is 287 g/mol. The number of nitrogens with zero attached hydrogens (tertiary/aromatic N) is 2. The topological polar surface area (TPSA) is 49.8 Å². The van der Waals surface area contributed by atoms with Gasteiger partial charge in [-0.05, 0) is 24.3 Å². The van der Waals surface area contributed by atoms with Gasteiger partial charge in [-0.3, -0.25) is 0 Å². The van der Waals surface area contributed by atoms with E-state index in [0.717, 1.165) is 10.2 Å². The zero-order chi connectivity index (χ0) is 13.2. The van der Waals surface area contributed by atoms with E-state index in [1.54, 1.807) is 12.1 Å². The molecule has 0 aliphatic rings. The molecule has 92 valence electrons. The van der Waals surface area contributed by atoms with E-state index in [9.17, 15) is 5.26 Å². The molecule has 19 heavy (non-hydrogen) atoms. The number of furan rings is 1. The van der Waals surface area contributed by atoms with Gasteiger partial charge in [0.1, 0.15) is 27.4 Å². The molecule has 0 spiro atoms. The summed E-state index contributed by atoms with van der Waals surface area (Å²) in [6.07, 6.45) is 1.52. The van der Waals surface area contributed by atoms with E-state index in [0.29, 0.717) is 16.3 Å². The van der Waals surface area contributed by atoms with E-state index in [1.165, 1.54) is 17.6 Å². The SMILES string of the molecule is N#CC(=C(Cl)c1ccco1)c1nc2ccccc2s1. The molecule has 1 aromatic carbocycles. The van der Waals surface area contributed by atoms with E-state index in [-0.39, 0.29) is 5.03 Å². The quantitative estimate of drug-likeness (QED) is 0.651. The molecule has 0 N–H and O–H groups in total. The Morgan fingerprint density at radius 3 is 2.79 bits per heavy atom. The third kappa shape index (κ3) is 2.14. The first-order valence-electron chi connectivity index (χ1n) is 5.49. The zero-order valence-corrected chi connectivity index (χ0v) is 11.2. The maximum absolute atomic E-state index is 9.31. The summed E-state index contributed by atoms with van der Waals surface area (Å²) in [5.74, 6) is 0.470. The maximum atomic E-state index is 9.31. The van der Waals surface area contributed by atoms with Crippen molar-refractivity contribution >= 4 is 43.8 Å². The molecule has 3 aromatic rings. The molecule has 0 unspecified atom stereocenters. The predicted octanol–water partition coefficient (Wildman–Crippen LogP) is 4.52. The van der Waals surface area contributed by atoms with Crippen LogP contribution in [0.2, 0.25) is 0 Å². The fourth-order valence-corrected chi connectivity index (χ4v) is 2.96. The second-order valence-electron chi connectivity index (χ2n) is 3.76. The van der Waals surface area contributed by atoms with Crippen molar-refractivity contribution in [1.29, 1.82) is 5.26 Å². The summed E-state index contributed by atoms with van der Waals surface area (Å²) in [7, 11) is 0. The first kappa shape index (κ1) is 12.0. The minimum absolute atomic E-state index is 0.284. The summed E-state index contributed by atoms with van der Waals surface area (Å²) in [5, 5.41) is 10.2. The average Bonchev–Trinajstić information content (AvgIpc) is 3.08. The number of thiazole rings is 1. The van der Waals surface area contributed by atoms with Crippen LogP contribution in [0, 0.1) is 11.3 Å². The molecule has 0 fully saturated rings. The highest BCUT2D eigenvalue weighted by molar-refractivity contribution is 7.19. The van der Waals surface area contributed by atoms with Crippen molar-refractivity contribution < 1.29 is 4.42 Å². The summed E-state index contributed by atoms with van der Waals surface area (Å²) in [4.78, 5) is 4.43. The molecule has 2 aromatic heterocycles. The van der Waals surface area contributed by atoms with Gasteiger partial charge < -0.3 is 4.42 Å². The molecule has 0 radical (unpaired) electrons. The van der Waals surface area contributed by atoms with Gasteiger partial charge in [0.25, 0.3) is 0 Å². The third-order valence-corrected chi connectivity index (χ3v) is 4.01. The first-order valence-corrected chi connectivity index (χ1v) is 6.69. The van der Waals surface area contributed by atoms with Gasteiger partial charge >= 0.3 is 0 Å². The lowest BCUT2D eigenvalue weighted by atomic mass is 10.2. The van der Waals surface area contributed by atoms with Crippen LogP contribution < -0.4 is 0 Å². The Morgan fingerprint density at radius 1 is 1.26 bits per heavy atom. The van der Waals surface area contributed by atoms with Crippen LogP contribution in [-0.4, -0.2) is 4.98 Å². The normalized spacial score (nSPS) is 12.2. The molecule has 0 saturated heterocycles. The second kappa shape index (κ2) is 4.88. The molecule has 3 nitrogen and oxygen atoms in total. The van der Waals surface area contributed by atoms with E-state index >= 15 is 0 Å². The molecule has 3 rings (SSSR count). The maximum Gasteiger partial charge on any atom is 0.146 e. The van der Waals surface area contributed by atoms with Crippen LogP contribution in [-0.2, 0) is 0 Å². The van der Waals surface area contributed by atoms with Crippen molar-refractivity contribution in [3.05, 3.63) is 53.4 Å². The molecule has 0 aliphatic carbocycles. The van der Waals surface area contributed by atoms with Crippen molar-refractivity contribution in [1.82, 2.24) is 4.98 Å². The minimum atomic E-state index is 0.284. The van der Waals surface area contributed by atoms with Crippen molar-refractivity contribution in [2.24, 2.45) is 0 Å². The number of halogens is 1. The van der Waals surface area contributed by atoms with E-state index in [4.69, 9.17) is 16.0 Å². The van der Waals surface area contributed by atoms with Gasteiger partial charge in [0, 0.05) is 0 Å². The summed E-state index contributed by atoms with van der Waals surface area (Å²) < 4.78 is 6.23. The summed E-state index contributed by atoms with van der Waals surface area (Å²) in [5.41, 5.74) is 1.19. The second-order valence-corrected chi connectivity index (χ2v) is 5.17. The van der Waals surface area contributed by atoms with E-state index in [2.05, 4.69) is 11.1 Å². The first-order chi connectivity index (χ1) is 9.29. The number of aromatic nitrogens is 1. The summed E-state index contributed by atoms with van der Waals surface area (Å²) in [6.45, 7) is 0. The summed E-state index contributed by atoms with van der Waals surface area (Å²) >= 11 is 7.64. The highest BCUT2D eigenvalue weighted by Gasteiger charge is 2.15. The van der Waals surface area contributed by atoms with Gasteiger partial charge in [-0.2, -0.15) is 5.26 Å². The fourth-order valence-electron chi connectivity index (χ4n) is 1.70. The summed E-state index contributed by atoms with van der Waals surface area (Å²) in [6, 6.07) is 13.3. The van der Waals surface area contributed by atoms with Crippen LogP contribution in [0.15, 0.2) is 47.1 Å². The van der Waals surface area contributed by atoms with E-state index < -0.39 is 0 Å². The van der Waals surface area contributed by atoms with Crippen LogP contribution in [0.3, 0.4) is 0 Å². The molecule has 5 heteroatoms. The van der Waals surface area contributed by atoms with Crippen molar-refractivity contribution in [3.63, 3.8) is 0 Å². The van der Waals surface area contributed by atoms with Gasteiger partial charge in [-0.15, -0.1) is 11.3 Å². The number of benzene rings is 1.